The van der Waals surface area contributed by atoms with Crippen molar-refractivity contribution in [3.05, 3.63) is 45.8 Å². The highest BCUT2D eigenvalue weighted by molar-refractivity contribution is 5.85. The molecule has 1 heterocycles. The molecule has 1 aromatic carbocycles. The molecule has 6 heteroatoms. The lowest BCUT2D eigenvalue weighted by Gasteiger charge is -2.34. The third-order valence-corrected chi connectivity index (χ3v) is 3.66. The first-order chi connectivity index (χ1) is 10.0. The Kier molecular flexibility index (Phi) is 3.09. The van der Waals surface area contributed by atoms with Crippen LogP contribution in [0.3, 0.4) is 0 Å². The molecule has 0 spiro atoms. The second-order valence-corrected chi connectivity index (χ2v) is 4.74. The van der Waals surface area contributed by atoms with Gasteiger partial charge in [0.2, 0.25) is 11.2 Å². The number of aromatic hydroxyl groups is 1. The maximum absolute atomic E-state index is 12.7. The Bertz CT molecular complexity index is 791. The summed E-state index contributed by atoms with van der Waals surface area (Å²) in [5.41, 5.74) is -0.411. The van der Waals surface area contributed by atoms with E-state index in [0.29, 0.717) is 0 Å². The summed E-state index contributed by atoms with van der Waals surface area (Å²) in [6.07, 6.45) is 2.23. The van der Waals surface area contributed by atoms with Crippen LogP contribution in [-0.2, 0) is 15.3 Å². The number of methoxy groups -OCH3 is 2. The molecule has 0 saturated carbocycles. The minimum Gasteiger partial charge on any atom is -0.507 e. The topological polar surface area (TPSA) is 89.1 Å². The van der Waals surface area contributed by atoms with Crippen molar-refractivity contribution in [3.63, 3.8) is 0 Å². The largest absolute Gasteiger partial charge is 0.507 e. The molecule has 2 N–H and O–H groups in total. The van der Waals surface area contributed by atoms with Gasteiger partial charge >= 0.3 is 0 Å². The van der Waals surface area contributed by atoms with Crippen LogP contribution in [0.5, 0.6) is 5.75 Å². The Labute approximate surface area is 119 Å². The molecule has 110 valence electrons. The second-order valence-electron chi connectivity index (χ2n) is 4.74. The molecule has 0 fully saturated rings. The quantitative estimate of drug-likeness (QED) is 0.811. The summed E-state index contributed by atoms with van der Waals surface area (Å²) in [7, 11) is 2.66. The smallest absolute Gasteiger partial charge is 0.230 e. The van der Waals surface area contributed by atoms with E-state index in [0.717, 1.165) is 0 Å². The molecule has 0 aliphatic heterocycles. The van der Waals surface area contributed by atoms with Gasteiger partial charge in [-0.2, -0.15) is 0 Å². The summed E-state index contributed by atoms with van der Waals surface area (Å²) < 4.78 is 15.9. The molecule has 0 bridgehead atoms. The van der Waals surface area contributed by atoms with Crippen LogP contribution in [0.1, 0.15) is 11.3 Å². The van der Waals surface area contributed by atoms with Crippen molar-refractivity contribution in [3.8, 4) is 5.75 Å². The van der Waals surface area contributed by atoms with Gasteiger partial charge in [0, 0.05) is 14.2 Å². The van der Waals surface area contributed by atoms with E-state index in [2.05, 4.69) is 0 Å². The van der Waals surface area contributed by atoms with Gasteiger partial charge in [-0.1, -0.05) is 6.07 Å². The summed E-state index contributed by atoms with van der Waals surface area (Å²) in [5.74, 6) is -2.02. The fourth-order valence-electron chi connectivity index (χ4n) is 2.60. The summed E-state index contributed by atoms with van der Waals surface area (Å²) in [6, 6.07) is 4.52. The fraction of sp³-hybridized carbons (Fsp3) is 0.267. The van der Waals surface area contributed by atoms with Gasteiger partial charge in [-0.3, -0.25) is 4.79 Å². The Morgan fingerprint density at radius 1 is 1.33 bits per heavy atom. The van der Waals surface area contributed by atoms with Gasteiger partial charge in [-0.25, -0.2) is 0 Å². The number of phenolic OH excluding ortho intramolecular Hbond substituents is 1. The van der Waals surface area contributed by atoms with Crippen molar-refractivity contribution in [2.24, 2.45) is 0 Å². The normalized spacial score (nSPS) is 24.2. The van der Waals surface area contributed by atoms with Gasteiger partial charge < -0.3 is 24.1 Å². The van der Waals surface area contributed by atoms with E-state index in [-0.39, 0.29) is 28.0 Å². The Hall–Kier alpha value is -2.15. The van der Waals surface area contributed by atoms with Crippen LogP contribution in [-0.4, -0.2) is 30.5 Å². The van der Waals surface area contributed by atoms with Crippen LogP contribution in [0.25, 0.3) is 17.0 Å². The Balaban J connectivity index is 2.43. The lowest BCUT2D eigenvalue weighted by atomic mass is 9.92. The number of rotatable bonds is 2. The van der Waals surface area contributed by atoms with E-state index in [1.165, 1.54) is 20.3 Å². The highest BCUT2D eigenvalue weighted by Gasteiger charge is 2.45. The molecule has 2 aromatic rings. The van der Waals surface area contributed by atoms with Crippen molar-refractivity contribution in [2.75, 3.05) is 14.2 Å². The van der Waals surface area contributed by atoms with Crippen LogP contribution >= 0.6 is 0 Å². The predicted octanol–water partition coefficient (Wildman–Crippen LogP) is 1.33. The maximum atomic E-state index is 12.7. The van der Waals surface area contributed by atoms with Gasteiger partial charge in [0.05, 0.1) is 0 Å². The lowest BCUT2D eigenvalue weighted by Crippen LogP contribution is -2.46. The van der Waals surface area contributed by atoms with E-state index in [4.69, 9.17) is 13.9 Å². The minimum absolute atomic E-state index is 0.00289. The van der Waals surface area contributed by atoms with Crippen molar-refractivity contribution in [1.29, 1.82) is 0 Å². The van der Waals surface area contributed by atoms with Gasteiger partial charge in [0.25, 0.3) is 0 Å². The standard InChI is InChI=1S/C15H14O6/c1-19-11-7-6-10-13(15(11,18)20-2)14(17)12-8(16)4-3-5-9(12)21-10/h3-7,11,16,18H,1-2H3. The van der Waals surface area contributed by atoms with E-state index < -0.39 is 17.3 Å². The van der Waals surface area contributed by atoms with Gasteiger partial charge in [-0.05, 0) is 24.3 Å². The number of hydrogen-bond acceptors (Lipinski definition) is 6. The third kappa shape index (κ3) is 1.80. The Morgan fingerprint density at radius 3 is 2.76 bits per heavy atom. The molecular formula is C15H14O6. The van der Waals surface area contributed by atoms with Gasteiger partial charge in [0.15, 0.2) is 0 Å². The van der Waals surface area contributed by atoms with Crippen LogP contribution in [0.15, 0.2) is 33.5 Å². The number of fused-ring (bicyclic) bond motifs is 2. The molecule has 0 amide bonds. The number of hydrogen-bond donors (Lipinski definition) is 2. The molecule has 2 atom stereocenters. The molecule has 21 heavy (non-hydrogen) atoms. The Morgan fingerprint density at radius 2 is 2.10 bits per heavy atom. The zero-order valence-corrected chi connectivity index (χ0v) is 11.5. The first-order valence-electron chi connectivity index (χ1n) is 6.30. The van der Waals surface area contributed by atoms with Crippen molar-refractivity contribution >= 4 is 17.0 Å². The van der Waals surface area contributed by atoms with Crippen LogP contribution in [0, 0.1) is 0 Å². The van der Waals surface area contributed by atoms with E-state index in [9.17, 15) is 15.0 Å². The molecule has 1 aliphatic carbocycles. The third-order valence-electron chi connectivity index (χ3n) is 3.66. The lowest BCUT2D eigenvalue weighted by molar-refractivity contribution is -0.247. The SMILES string of the molecule is COC1C=Cc2oc3cccc(O)c3c(=O)c2C1(O)OC. The molecule has 6 nitrogen and oxygen atoms in total. The number of benzene rings is 1. The molecular weight excluding hydrogens is 276 g/mol. The summed E-state index contributed by atoms with van der Waals surface area (Å²) in [6.45, 7) is 0. The average Bonchev–Trinajstić information content (AvgIpc) is 2.47. The van der Waals surface area contributed by atoms with Crippen LogP contribution in [0.2, 0.25) is 0 Å². The van der Waals surface area contributed by atoms with Crippen molar-refractivity contribution < 1.29 is 24.1 Å². The first-order valence-corrected chi connectivity index (χ1v) is 6.30. The van der Waals surface area contributed by atoms with E-state index in [1.807, 2.05) is 0 Å². The molecule has 0 radical (unpaired) electrons. The van der Waals surface area contributed by atoms with Crippen molar-refractivity contribution in [1.82, 2.24) is 0 Å². The van der Waals surface area contributed by atoms with Crippen molar-refractivity contribution in [2.45, 2.75) is 11.9 Å². The van der Waals surface area contributed by atoms with E-state index in [1.54, 1.807) is 24.3 Å². The molecule has 3 rings (SSSR count). The number of phenols is 1. The maximum Gasteiger partial charge on any atom is 0.230 e. The van der Waals surface area contributed by atoms with Gasteiger partial charge in [0.1, 0.15) is 34.1 Å². The second kappa shape index (κ2) is 4.70. The summed E-state index contributed by atoms with van der Waals surface area (Å²) >= 11 is 0. The molecule has 1 aromatic heterocycles. The first kappa shape index (κ1) is 13.8. The highest BCUT2D eigenvalue weighted by Crippen LogP contribution is 2.36. The fourth-order valence-corrected chi connectivity index (χ4v) is 2.60. The summed E-state index contributed by atoms with van der Waals surface area (Å²) in [5, 5.41) is 20.6. The average molecular weight is 290 g/mol. The number of aliphatic hydroxyl groups is 1. The zero-order chi connectivity index (χ0) is 15.2. The van der Waals surface area contributed by atoms with E-state index >= 15 is 0 Å². The monoisotopic (exact) mass is 290 g/mol. The number of ether oxygens (including phenoxy) is 2. The van der Waals surface area contributed by atoms with Crippen LogP contribution in [0.4, 0.5) is 0 Å². The molecule has 1 aliphatic rings. The highest BCUT2D eigenvalue weighted by atomic mass is 16.6. The molecule has 0 saturated heterocycles. The van der Waals surface area contributed by atoms with Crippen LogP contribution < -0.4 is 5.43 Å². The molecule has 2 unspecified atom stereocenters. The summed E-state index contributed by atoms with van der Waals surface area (Å²) in [4.78, 5) is 12.7. The zero-order valence-electron chi connectivity index (χ0n) is 11.5. The van der Waals surface area contributed by atoms with Gasteiger partial charge in [-0.15, -0.1) is 0 Å². The predicted molar refractivity (Wildman–Crippen MR) is 74.9 cm³/mol. The minimum atomic E-state index is -1.98.